The van der Waals surface area contributed by atoms with Gasteiger partial charge in [0.05, 0.1) is 23.9 Å². The van der Waals surface area contributed by atoms with Crippen molar-refractivity contribution in [2.24, 2.45) is 0 Å². The zero-order valence-electron chi connectivity index (χ0n) is 13.7. The molecule has 1 aromatic carbocycles. The van der Waals surface area contributed by atoms with Crippen LogP contribution >= 0.6 is 0 Å². The average molecular weight is 311 g/mol. The molecule has 2 aliphatic rings. The van der Waals surface area contributed by atoms with Gasteiger partial charge < -0.3 is 10.2 Å². The molecule has 1 atom stereocenters. The number of likely N-dealkylation sites (N-methyl/N-ethyl adjacent to an activating group) is 1. The van der Waals surface area contributed by atoms with Crippen LogP contribution in [0.15, 0.2) is 42.1 Å². The van der Waals surface area contributed by atoms with E-state index in [2.05, 4.69) is 18.0 Å². The SMILES string of the molecule is C=CCN1CC2=C(C1=O)[C@@H](c1ccc(C)cc1C)NC(=O)N2C. The summed E-state index contributed by atoms with van der Waals surface area (Å²) < 4.78 is 0. The Morgan fingerprint density at radius 3 is 2.74 bits per heavy atom. The van der Waals surface area contributed by atoms with E-state index in [0.717, 1.165) is 22.4 Å². The molecule has 1 N–H and O–H groups in total. The Hall–Kier alpha value is -2.56. The lowest BCUT2D eigenvalue weighted by atomic mass is 9.91. The topological polar surface area (TPSA) is 52.7 Å². The van der Waals surface area contributed by atoms with Crippen LogP contribution in [-0.4, -0.2) is 41.9 Å². The first-order valence-corrected chi connectivity index (χ1v) is 7.68. The van der Waals surface area contributed by atoms with Gasteiger partial charge in [-0.25, -0.2) is 4.79 Å². The number of amides is 3. The van der Waals surface area contributed by atoms with Crippen molar-refractivity contribution in [2.45, 2.75) is 19.9 Å². The fourth-order valence-electron chi connectivity index (χ4n) is 3.31. The normalized spacial score (nSPS) is 20.7. The maximum Gasteiger partial charge on any atom is 0.322 e. The molecular formula is C18H21N3O2. The number of benzene rings is 1. The third-order valence-corrected chi connectivity index (χ3v) is 4.52. The van der Waals surface area contributed by atoms with Crippen LogP contribution < -0.4 is 5.32 Å². The van der Waals surface area contributed by atoms with Gasteiger partial charge in [0.2, 0.25) is 0 Å². The van der Waals surface area contributed by atoms with Crippen LogP contribution in [0.1, 0.15) is 22.7 Å². The maximum absolute atomic E-state index is 12.8. The third-order valence-electron chi connectivity index (χ3n) is 4.52. The Morgan fingerprint density at radius 2 is 2.09 bits per heavy atom. The number of aryl methyl sites for hydroxylation is 2. The lowest BCUT2D eigenvalue weighted by Crippen LogP contribution is -2.45. The van der Waals surface area contributed by atoms with E-state index in [-0.39, 0.29) is 11.9 Å². The fraction of sp³-hybridized carbons (Fsp3) is 0.333. The van der Waals surface area contributed by atoms with E-state index in [9.17, 15) is 9.59 Å². The van der Waals surface area contributed by atoms with E-state index in [1.54, 1.807) is 18.0 Å². The van der Waals surface area contributed by atoms with Crippen LogP contribution in [0.3, 0.4) is 0 Å². The van der Waals surface area contributed by atoms with Crippen molar-refractivity contribution in [1.82, 2.24) is 15.1 Å². The predicted octanol–water partition coefficient (Wildman–Crippen LogP) is 2.28. The van der Waals surface area contributed by atoms with Gasteiger partial charge in [0, 0.05) is 13.6 Å². The van der Waals surface area contributed by atoms with Crippen molar-refractivity contribution in [3.05, 3.63) is 58.8 Å². The third kappa shape index (κ3) is 2.42. The Bertz CT molecular complexity index is 736. The average Bonchev–Trinajstić information content (AvgIpc) is 2.82. The monoisotopic (exact) mass is 311 g/mol. The first-order chi connectivity index (χ1) is 10.9. The molecule has 1 aromatic rings. The Kier molecular flexibility index (Phi) is 3.72. The lowest BCUT2D eigenvalue weighted by molar-refractivity contribution is -0.125. The van der Waals surface area contributed by atoms with Crippen LogP contribution in [0.2, 0.25) is 0 Å². The number of urea groups is 1. The fourth-order valence-corrected chi connectivity index (χ4v) is 3.31. The summed E-state index contributed by atoms with van der Waals surface area (Å²) in [6.45, 7) is 8.67. The quantitative estimate of drug-likeness (QED) is 0.871. The first-order valence-electron chi connectivity index (χ1n) is 7.68. The van der Waals surface area contributed by atoms with Crippen molar-refractivity contribution in [2.75, 3.05) is 20.1 Å². The minimum atomic E-state index is -0.392. The molecule has 0 fully saturated rings. The molecule has 3 amide bonds. The van der Waals surface area contributed by atoms with Crippen LogP contribution in [0.5, 0.6) is 0 Å². The highest BCUT2D eigenvalue weighted by molar-refractivity contribution is 6.01. The number of nitrogens with one attached hydrogen (secondary N) is 1. The highest BCUT2D eigenvalue weighted by atomic mass is 16.2. The highest BCUT2D eigenvalue weighted by Gasteiger charge is 2.42. The van der Waals surface area contributed by atoms with Gasteiger partial charge in [0.25, 0.3) is 5.91 Å². The van der Waals surface area contributed by atoms with Gasteiger partial charge in [-0.2, -0.15) is 0 Å². The van der Waals surface area contributed by atoms with Crippen molar-refractivity contribution in [3.63, 3.8) is 0 Å². The number of hydrogen-bond acceptors (Lipinski definition) is 2. The lowest BCUT2D eigenvalue weighted by Gasteiger charge is -2.31. The molecule has 2 aliphatic heterocycles. The van der Waals surface area contributed by atoms with E-state index in [4.69, 9.17) is 0 Å². The van der Waals surface area contributed by atoms with Crippen LogP contribution in [0, 0.1) is 13.8 Å². The Balaban J connectivity index is 2.08. The second-order valence-electron chi connectivity index (χ2n) is 6.14. The van der Waals surface area contributed by atoms with Gasteiger partial charge in [-0.1, -0.05) is 29.8 Å². The van der Waals surface area contributed by atoms with E-state index in [0.29, 0.717) is 18.7 Å². The largest absolute Gasteiger partial charge is 0.329 e. The molecule has 120 valence electrons. The van der Waals surface area contributed by atoms with Gasteiger partial charge in [-0.15, -0.1) is 6.58 Å². The summed E-state index contributed by atoms with van der Waals surface area (Å²) in [6, 6.07) is 5.50. The van der Waals surface area contributed by atoms with Crippen LogP contribution in [-0.2, 0) is 4.79 Å². The summed E-state index contributed by atoms with van der Waals surface area (Å²) in [5, 5.41) is 2.96. The van der Waals surface area contributed by atoms with Crippen molar-refractivity contribution in [1.29, 1.82) is 0 Å². The van der Waals surface area contributed by atoms with Gasteiger partial charge in [-0.3, -0.25) is 9.69 Å². The van der Waals surface area contributed by atoms with Crippen molar-refractivity contribution in [3.8, 4) is 0 Å². The molecule has 0 radical (unpaired) electrons. The van der Waals surface area contributed by atoms with E-state index in [1.807, 2.05) is 26.0 Å². The molecule has 0 saturated heterocycles. The number of carbonyl (C=O) groups excluding carboxylic acids is 2. The van der Waals surface area contributed by atoms with Gasteiger partial charge in [0.15, 0.2) is 0 Å². The standard InChI is InChI=1S/C18H21N3O2/c1-5-8-21-10-14-15(17(21)22)16(19-18(23)20(14)4)13-7-6-11(2)9-12(13)3/h5-7,9,16H,1,8,10H2,2-4H3,(H,19,23)/t16-/m1/s1. The van der Waals surface area contributed by atoms with Gasteiger partial charge in [-0.05, 0) is 25.0 Å². The zero-order valence-corrected chi connectivity index (χ0v) is 13.7. The second kappa shape index (κ2) is 5.57. The summed E-state index contributed by atoms with van der Waals surface area (Å²) in [5.74, 6) is -0.0308. The van der Waals surface area contributed by atoms with Crippen molar-refractivity contribution >= 4 is 11.9 Å². The minimum Gasteiger partial charge on any atom is -0.329 e. The predicted molar refractivity (Wildman–Crippen MR) is 88.8 cm³/mol. The van der Waals surface area contributed by atoms with Crippen LogP contribution in [0.4, 0.5) is 4.79 Å². The molecule has 5 heteroatoms. The summed E-state index contributed by atoms with van der Waals surface area (Å²) in [4.78, 5) is 28.3. The molecule has 3 rings (SSSR count). The van der Waals surface area contributed by atoms with Gasteiger partial charge in [0.1, 0.15) is 0 Å². The molecule has 0 unspecified atom stereocenters. The van der Waals surface area contributed by atoms with Crippen LogP contribution in [0.25, 0.3) is 0 Å². The number of hydrogen-bond donors (Lipinski definition) is 1. The smallest absolute Gasteiger partial charge is 0.322 e. The molecule has 23 heavy (non-hydrogen) atoms. The second-order valence-corrected chi connectivity index (χ2v) is 6.14. The molecule has 2 heterocycles. The summed E-state index contributed by atoms with van der Waals surface area (Å²) in [6.07, 6.45) is 1.71. The number of rotatable bonds is 3. The summed E-state index contributed by atoms with van der Waals surface area (Å²) >= 11 is 0. The molecule has 5 nitrogen and oxygen atoms in total. The summed E-state index contributed by atoms with van der Waals surface area (Å²) in [5.41, 5.74) is 4.65. The highest BCUT2D eigenvalue weighted by Crippen LogP contribution is 2.36. The number of nitrogens with zero attached hydrogens (tertiary/aromatic N) is 2. The maximum atomic E-state index is 12.8. The van der Waals surface area contributed by atoms with E-state index in [1.165, 1.54) is 4.90 Å². The molecule has 0 bridgehead atoms. The molecule has 0 saturated carbocycles. The molecule has 0 aliphatic carbocycles. The summed E-state index contributed by atoms with van der Waals surface area (Å²) in [7, 11) is 1.70. The van der Waals surface area contributed by atoms with Gasteiger partial charge >= 0.3 is 6.03 Å². The Morgan fingerprint density at radius 1 is 1.35 bits per heavy atom. The van der Waals surface area contributed by atoms with E-state index < -0.39 is 6.04 Å². The molecule has 0 spiro atoms. The van der Waals surface area contributed by atoms with Crippen molar-refractivity contribution < 1.29 is 9.59 Å². The first kappa shape index (κ1) is 15.3. The molecule has 0 aromatic heterocycles. The minimum absolute atomic E-state index is 0.0308. The number of carbonyl (C=O) groups is 2. The zero-order chi connectivity index (χ0) is 16.7. The Labute approximate surface area is 136 Å². The molecular weight excluding hydrogens is 290 g/mol. The van der Waals surface area contributed by atoms with E-state index >= 15 is 0 Å².